The van der Waals surface area contributed by atoms with E-state index in [1.54, 1.807) is 65.9 Å². The van der Waals surface area contributed by atoms with Crippen LogP contribution >= 0.6 is 0 Å². The lowest BCUT2D eigenvalue weighted by Gasteiger charge is -2.50. The van der Waals surface area contributed by atoms with E-state index < -0.39 is 121 Å². The van der Waals surface area contributed by atoms with Crippen molar-refractivity contribution in [3.8, 4) is 0 Å². The molecule has 3 N–H and O–H groups in total. The van der Waals surface area contributed by atoms with Crippen LogP contribution in [-0.4, -0.2) is 181 Å². The van der Waals surface area contributed by atoms with Crippen molar-refractivity contribution in [2.45, 2.75) is 172 Å². The molecule has 0 spiro atoms. The van der Waals surface area contributed by atoms with Gasteiger partial charge in [0.1, 0.15) is 42.4 Å². The number of aliphatic hydroxyl groups is 3. The van der Waals surface area contributed by atoms with E-state index in [1.807, 2.05) is 67.4 Å². The molecule has 4 heterocycles. The van der Waals surface area contributed by atoms with Gasteiger partial charge in [-0.25, -0.2) is 0 Å². The summed E-state index contributed by atoms with van der Waals surface area (Å²) in [6.07, 6.45) is -2.38. The van der Waals surface area contributed by atoms with Crippen LogP contribution in [0.1, 0.15) is 92.1 Å². The molecule has 0 saturated carbocycles. The first-order chi connectivity index (χ1) is 33.3. The smallest absolute Gasteiger partial charge is 0.310 e. The normalized spacial score (nSPS) is 35.9. The van der Waals surface area contributed by atoms with Gasteiger partial charge in [0, 0.05) is 63.9 Å². The number of para-hydroxylation sites is 1. The maximum atomic E-state index is 14.1. The third-order valence-electron chi connectivity index (χ3n) is 13.5. The Bertz CT molecular complexity index is 2060. The predicted octanol–water partition coefficient (Wildman–Crippen LogP) is 4.38. The van der Waals surface area contributed by atoms with Gasteiger partial charge in [0.05, 0.1) is 42.4 Å². The van der Waals surface area contributed by atoms with E-state index in [9.17, 15) is 34.5 Å². The number of likely N-dealkylation sites (N-methyl/N-ethyl adjacent to an activating group) is 2. The standard InChI is InChI=1S/C52H77N3O15/c1-11-41(58)67-40-28-43(60)66-36(18-15-17-34-22-24-53-38-21-14-13-20-37(34)38)19-16-25-55(9)30-39(57)31(3)27-35(23-26-56)48(49(40)63-10)70-51-46(61)45(54(7)8)47(32(4)65-51)69-44-29-52(6,62)50(33(5)64-44)68-42(59)12-2/h13-17,19-22,24,26,31-33,35-36,39-40,44-51,57,61-62H,11-12,18,23,25,27-30H2,1-10H3/b17-15+,19-16+/t31-,32?,33?,35+,36-,39+,40-,44+,45?,46?,47+,48+,49+,50+,51+,52?/m1/s1. The Hall–Kier alpha value is -4.21. The summed E-state index contributed by atoms with van der Waals surface area (Å²) >= 11 is 0. The zero-order valence-electron chi connectivity index (χ0n) is 42.5. The first-order valence-electron chi connectivity index (χ1n) is 24.6. The molecule has 2 fully saturated rings. The number of carbonyl (C=O) groups is 4. The molecule has 5 unspecified atom stereocenters. The highest BCUT2D eigenvalue weighted by molar-refractivity contribution is 5.87. The third-order valence-corrected chi connectivity index (χ3v) is 13.5. The number of pyridine rings is 1. The monoisotopic (exact) mass is 984 g/mol. The van der Waals surface area contributed by atoms with Crippen LogP contribution in [0.3, 0.4) is 0 Å². The Balaban J connectivity index is 1.46. The van der Waals surface area contributed by atoms with Crippen molar-refractivity contribution in [2.24, 2.45) is 11.8 Å². The molecule has 0 amide bonds. The molecule has 1 aromatic heterocycles. The number of aldehydes is 1. The summed E-state index contributed by atoms with van der Waals surface area (Å²) in [4.78, 5) is 60.3. The van der Waals surface area contributed by atoms with Crippen molar-refractivity contribution in [2.75, 3.05) is 41.3 Å². The molecule has 18 heteroatoms. The minimum atomic E-state index is -1.51. The Morgan fingerprint density at radius 1 is 0.971 bits per heavy atom. The van der Waals surface area contributed by atoms with Crippen molar-refractivity contribution < 1.29 is 72.4 Å². The van der Waals surface area contributed by atoms with Crippen molar-refractivity contribution in [1.82, 2.24) is 14.8 Å². The van der Waals surface area contributed by atoms with Gasteiger partial charge in [0.15, 0.2) is 18.7 Å². The van der Waals surface area contributed by atoms with Crippen LogP contribution in [-0.2, 0) is 57.1 Å². The Kier molecular flexibility index (Phi) is 21.4. The number of fused-ring (bicyclic) bond motifs is 1. The van der Waals surface area contributed by atoms with Crippen LogP contribution in [0.5, 0.6) is 0 Å². The molecule has 2 saturated heterocycles. The number of hydrogen-bond donors (Lipinski definition) is 3. The largest absolute Gasteiger partial charge is 0.459 e. The van der Waals surface area contributed by atoms with Crippen LogP contribution < -0.4 is 0 Å². The van der Waals surface area contributed by atoms with Gasteiger partial charge < -0.3 is 67.8 Å². The fraction of sp³-hybridized carbons (Fsp3) is 0.673. The number of rotatable bonds is 15. The van der Waals surface area contributed by atoms with Gasteiger partial charge in [-0.15, -0.1) is 0 Å². The van der Waals surface area contributed by atoms with Gasteiger partial charge in [-0.2, -0.15) is 0 Å². The number of benzene rings is 1. The molecule has 3 aliphatic rings. The predicted molar refractivity (Wildman–Crippen MR) is 259 cm³/mol. The molecule has 0 bridgehead atoms. The Labute approximate surface area is 412 Å². The quantitative estimate of drug-likeness (QED) is 0.0975. The lowest BCUT2D eigenvalue weighted by molar-refractivity contribution is -0.344. The number of methoxy groups -OCH3 is 1. The van der Waals surface area contributed by atoms with Crippen molar-refractivity contribution in [3.63, 3.8) is 0 Å². The second-order valence-electron chi connectivity index (χ2n) is 19.4. The van der Waals surface area contributed by atoms with Gasteiger partial charge in [-0.05, 0) is 83.9 Å². The van der Waals surface area contributed by atoms with E-state index in [4.69, 9.17) is 37.9 Å². The summed E-state index contributed by atoms with van der Waals surface area (Å²) in [6.45, 7) is 10.8. The molecular formula is C52H77N3O15. The average Bonchev–Trinajstić information content (AvgIpc) is 3.30. The number of cyclic esters (lactones) is 1. The molecular weight excluding hydrogens is 907 g/mol. The fourth-order valence-corrected chi connectivity index (χ4v) is 9.74. The van der Waals surface area contributed by atoms with E-state index in [0.29, 0.717) is 13.0 Å². The fourth-order valence-electron chi connectivity index (χ4n) is 9.74. The van der Waals surface area contributed by atoms with Gasteiger partial charge in [0.25, 0.3) is 0 Å². The summed E-state index contributed by atoms with van der Waals surface area (Å²) in [6, 6.07) is 8.89. The zero-order valence-corrected chi connectivity index (χ0v) is 42.5. The van der Waals surface area contributed by atoms with Crippen LogP contribution in [0, 0.1) is 11.8 Å². The number of ether oxygens (including phenoxy) is 8. The van der Waals surface area contributed by atoms with Gasteiger partial charge in [-0.3, -0.25) is 19.4 Å². The maximum absolute atomic E-state index is 14.1. The second-order valence-corrected chi connectivity index (χ2v) is 19.4. The number of aromatic nitrogens is 1. The number of β-amino-alcohol motifs (C(OH)–C–C–N with tert-alkyl or cyclic N) is 1. The third kappa shape index (κ3) is 15.2. The molecule has 5 rings (SSSR count). The zero-order chi connectivity index (χ0) is 51.3. The minimum absolute atomic E-state index is 0.0286. The number of nitrogens with zero attached hydrogens (tertiary/aromatic N) is 3. The molecule has 0 radical (unpaired) electrons. The van der Waals surface area contributed by atoms with Crippen molar-refractivity contribution >= 4 is 41.2 Å². The molecule has 18 nitrogen and oxygen atoms in total. The molecule has 3 aliphatic heterocycles. The van der Waals surface area contributed by atoms with Crippen LogP contribution in [0.2, 0.25) is 0 Å². The SMILES string of the molecule is CCC(=O)O[C@@H]1CC(=O)O[C@H](C/C=C/c2ccnc3ccccc23)/C=C/CN(C)C[C@H](O)[C@H](C)C[C@H](CC=O)[C@H](O[C@@H]2OC(C)[C@H](O[C@H]3CC(C)(O)[C@@H](OC(=O)CC)C(C)O3)C(N(C)C)C2O)[C@H]1OC. The van der Waals surface area contributed by atoms with E-state index in [-0.39, 0.29) is 38.6 Å². The summed E-state index contributed by atoms with van der Waals surface area (Å²) in [7, 11) is 6.76. The molecule has 2 aromatic rings. The maximum Gasteiger partial charge on any atom is 0.310 e. The van der Waals surface area contributed by atoms with Crippen molar-refractivity contribution in [3.05, 3.63) is 60.3 Å². The highest BCUT2D eigenvalue weighted by Crippen LogP contribution is 2.38. The van der Waals surface area contributed by atoms with Crippen LogP contribution in [0.25, 0.3) is 17.0 Å². The van der Waals surface area contributed by atoms with E-state index in [2.05, 4.69) is 4.98 Å². The summed E-state index contributed by atoms with van der Waals surface area (Å²) < 4.78 is 49.7. The first-order valence-corrected chi connectivity index (χ1v) is 24.6. The highest BCUT2D eigenvalue weighted by atomic mass is 16.7. The first kappa shape index (κ1) is 56.7. The Morgan fingerprint density at radius 3 is 2.36 bits per heavy atom. The lowest BCUT2D eigenvalue weighted by atomic mass is 9.82. The van der Waals surface area contributed by atoms with Crippen molar-refractivity contribution in [1.29, 1.82) is 0 Å². The van der Waals surface area contributed by atoms with E-state index in [0.717, 1.165) is 22.8 Å². The number of carbonyl (C=O) groups excluding carboxylic acids is 4. The molecule has 16 atom stereocenters. The van der Waals surface area contributed by atoms with Crippen LogP contribution in [0.15, 0.2) is 54.8 Å². The summed E-state index contributed by atoms with van der Waals surface area (Å²) in [5.74, 6) is -2.92. The molecule has 1 aromatic carbocycles. The van der Waals surface area contributed by atoms with Gasteiger partial charge in [0.2, 0.25) is 0 Å². The average molecular weight is 984 g/mol. The molecule has 0 aliphatic carbocycles. The lowest BCUT2D eigenvalue weighted by Crippen LogP contribution is -2.66. The minimum Gasteiger partial charge on any atom is -0.459 e. The summed E-state index contributed by atoms with van der Waals surface area (Å²) in [5.41, 5.74) is 0.278. The topological polar surface area (TPSA) is 222 Å². The number of hydrogen-bond acceptors (Lipinski definition) is 18. The van der Waals surface area contributed by atoms with E-state index >= 15 is 0 Å². The molecule has 390 valence electrons. The van der Waals surface area contributed by atoms with Gasteiger partial charge in [-0.1, -0.05) is 57.2 Å². The van der Waals surface area contributed by atoms with Crippen LogP contribution in [0.4, 0.5) is 0 Å². The van der Waals surface area contributed by atoms with Gasteiger partial charge >= 0.3 is 17.9 Å². The summed E-state index contributed by atoms with van der Waals surface area (Å²) in [5, 5.41) is 36.3. The van der Waals surface area contributed by atoms with E-state index in [1.165, 1.54) is 7.11 Å². The molecule has 70 heavy (non-hydrogen) atoms. The Morgan fingerprint density at radius 2 is 1.69 bits per heavy atom. The number of aliphatic hydroxyl groups excluding tert-OH is 2. The highest BCUT2D eigenvalue weighted by Gasteiger charge is 2.53. The number of esters is 3. The second kappa shape index (κ2) is 26.5.